The average Bonchev–Trinajstić information content (AvgIpc) is 3.20. The van der Waals surface area contributed by atoms with Gasteiger partial charge in [0, 0.05) is 13.1 Å². The molecule has 1 atom stereocenters. The normalized spacial score (nSPS) is 11.8. The van der Waals surface area contributed by atoms with Crippen molar-refractivity contribution in [1.82, 2.24) is 25.1 Å². The largest absolute Gasteiger partial charge is 0.497 e. The van der Waals surface area contributed by atoms with E-state index in [0.29, 0.717) is 24.8 Å². The van der Waals surface area contributed by atoms with Crippen molar-refractivity contribution >= 4 is 17.7 Å². The Balaban J connectivity index is 1.84. The zero-order valence-corrected chi connectivity index (χ0v) is 17.7. The van der Waals surface area contributed by atoms with Gasteiger partial charge in [-0.2, -0.15) is 0 Å². The monoisotopic (exact) mass is 411 g/mol. The lowest BCUT2D eigenvalue weighted by molar-refractivity contribution is -0.130. The van der Waals surface area contributed by atoms with Crippen LogP contribution in [0, 0.1) is 0 Å². The summed E-state index contributed by atoms with van der Waals surface area (Å²) in [6.07, 6.45) is 0. The number of methoxy groups -OCH3 is 1. The van der Waals surface area contributed by atoms with E-state index < -0.39 is 5.25 Å². The number of rotatable bonds is 9. The molecule has 0 spiro atoms. The molecule has 1 aromatic heterocycles. The minimum Gasteiger partial charge on any atom is -0.497 e. The van der Waals surface area contributed by atoms with Crippen LogP contribution >= 0.6 is 11.8 Å². The summed E-state index contributed by atoms with van der Waals surface area (Å²) in [4.78, 5) is 15.0. The number of aromatic nitrogens is 4. The van der Waals surface area contributed by atoms with E-state index in [1.54, 1.807) is 11.8 Å². The van der Waals surface area contributed by atoms with Crippen LogP contribution in [0.15, 0.2) is 59.8 Å². The third-order valence-corrected chi connectivity index (χ3v) is 5.83. The van der Waals surface area contributed by atoms with Gasteiger partial charge in [0.25, 0.3) is 0 Å². The first-order valence-electron chi connectivity index (χ1n) is 9.55. The Morgan fingerprint density at radius 2 is 1.79 bits per heavy atom. The number of tetrazole rings is 1. The zero-order chi connectivity index (χ0) is 20.6. The molecule has 0 N–H and O–H groups in total. The van der Waals surface area contributed by atoms with E-state index in [9.17, 15) is 4.79 Å². The molecule has 7 nitrogen and oxygen atoms in total. The maximum Gasteiger partial charge on any atom is 0.240 e. The van der Waals surface area contributed by atoms with Gasteiger partial charge in [-0.25, -0.2) is 4.68 Å². The van der Waals surface area contributed by atoms with E-state index >= 15 is 0 Å². The first kappa shape index (κ1) is 20.9. The minimum absolute atomic E-state index is 0.0604. The number of carbonyl (C=O) groups excluding carboxylic acids is 1. The van der Waals surface area contributed by atoms with Crippen molar-refractivity contribution in [2.24, 2.45) is 0 Å². The SMILES string of the molecule is CCN(CC)C(=O)C(Sc1nnnn1Cc1ccc(OC)cc1)c1ccccc1. The number of hydrogen-bond donors (Lipinski definition) is 0. The highest BCUT2D eigenvalue weighted by Gasteiger charge is 2.28. The maximum atomic E-state index is 13.2. The molecule has 8 heteroatoms. The van der Waals surface area contributed by atoms with E-state index in [2.05, 4.69) is 15.5 Å². The van der Waals surface area contributed by atoms with Gasteiger partial charge in [-0.1, -0.05) is 54.2 Å². The molecular weight excluding hydrogens is 386 g/mol. The van der Waals surface area contributed by atoms with Gasteiger partial charge in [-0.3, -0.25) is 4.79 Å². The molecule has 0 bridgehead atoms. The smallest absolute Gasteiger partial charge is 0.240 e. The van der Waals surface area contributed by atoms with Gasteiger partial charge in [0.15, 0.2) is 0 Å². The number of amides is 1. The van der Waals surface area contributed by atoms with E-state index in [1.807, 2.05) is 73.3 Å². The minimum atomic E-state index is -0.406. The second-order valence-electron chi connectivity index (χ2n) is 6.39. The molecule has 2 aromatic carbocycles. The molecule has 0 fully saturated rings. The fraction of sp³-hybridized carbons (Fsp3) is 0.333. The van der Waals surface area contributed by atoms with Gasteiger partial charge in [0.2, 0.25) is 11.1 Å². The predicted octanol–water partition coefficient (Wildman–Crippen LogP) is 3.43. The fourth-order valence-electron chi connectivity index (χ4n) is 2.98. The summed E-state index contributed by atoms with van der Waals surface area (Å²) in [6.45, 7) is 5.82. The first-order chi connectivity index (χ1) is 14.2. The lowest BCUT2D eigenvalue weighted by Gasteiger charge is -2.24. The van der Waals surface area contributed by atoms with Crippen LogP contribution in [-0.4, -0.2) is 51.2 Å². The van der Waals surface area contributed by atoms with E-state index in [0.717, 1.165) is 16.9 Å². The van der Waals surface area contributed by atoms with E-state index in [1.165, 1.54) is 11.8 Å². The molecule has 1 amide bonds. The standard InChI is InChI=1S/C21H25N5O2S/c1-4-25(5-2)20(27)19(17-9-7-6-8-10-17)29-21-22-23-24-26(21)15-16-11-13-18(28-3)14-12-16/h6-14,19H,4-5,15H2,1-3H3. The van der Waals surface area contributed by atoms with Gasteiger partial charge in [0.05, 0.1) is 13.7 Å². The van der Waals surface area contributed by atoms with Crippen LogP contribution in [0.25, 0.3) is 0 Å². The number of hydrogen-bond acceptors (Lipinski definition) is 6. The highest BCUT2D eigenvalue weighted by atomic mass is 32.2. The summed E-state index contributed by atoms with van der Waals surface area (Å²) in [5.41, 5.74) is 1.99. The summed E-state index contributed by atoms with van der Waals surface area (Å²) in [5, 5.41) is 12.3. The lowest BCUT2D eigenvalue weighted by Crippen LogP contribution is -2.34. The summed E-state index contributed by atoms with van der Waals surface area (Å²) in [6, 6.07) is 17.5. The third-order valence-electron chi connectivity index (χ3n) is 4.62. The maximum absolute atomic E-state index is 13.2. The van der Waals surface area contributed by atoms with Gasteiger partial charge >= 0.3 is 0 Å². The molecule has 3 rings (SSSR count). The second kappa shape index (κ2) is 10.1. The molecule has 0 saturated heterocycles. The summed E-state index contributed by atoms with van der Waals surface area (Å²) < 4.78 is 6.93. The number of benzene rings is 2. The number of carbonyl (C=O) groups is 1. The van der Waals surface area contributed by atoms with Crippen molar-refractivity contribution in [2.75, 3.05) is 20.2 Å². The van der Waals surface area contributed by atoms with Crippen LogP contribution in [0.4, 0.5) is 0 Å². The fourth-order valence-corrected chi connectivity index (χ4v) is 4.04. The Kier molecular flexibility index (Phi) is 7.24. The van der Waals surface area contributed by atoms with Crippen molar-refractivity contribution in [3.8, 4) is 5.75 Å². The third kappa shape index (κ3) is 5.14. The van der Waals surface area contributed by atoms with Crippen LogP contribution in [0.3, 0.4) is 0 Å². The predicted molar refractivity (Wildman–Crippen MR) is 113 cm³/mol. The van der Waals surface area contributed by atoms with E-state index in [4.69, 9.17) is 4.74 Å². The summed E-state index contributed by atoms with van der Waals surface area (Å²) >= 11 is 1.38. The molecule has 1 heterocycles. The molecule has 1 unspecified atom stereocenters. The van der Waals surface area contributed by atoms with Gasteiger partial charge in [0.1, 0.15) is 11.0 Å². The van der Waals surface area contributed by atoms with Crippen LogP contribution in [0.5, 0.6) is 5.75 Å². The highest BCUT2D eigenvalue weighted by molar-refractivity contribution is 8.00. The number of ether oxygens (including phenoxy) is 1. The molecule has 0 aliphatic carbocycles. The summed E-state index contributed by atoms with van der Waals surface area (Å²) in [7, 11) is 1.64. The second-order valence-corrected chi connectivity index (χ2v) is 7.46. The van der Waals surface area contributed by atoms with Crippen LogP contribution in [-0.2, 0) is 11.3 Å². The van der Waals surface area contributed by atoms with E-state index in [-0.39, 0.29) is 5.91 Å². The van der Waals surface area contributed by atoms with Gasteiger partial charge in [-0.05, 0) is 47.5 Å². The van der Waals surface area contributed by atoms with Gasteiger partial charge < -0.3 is 9.64 Å². The molecule has 29 heavy (non-hydrogen) atoms. The molecule has 152 valence electrons. The Labute approximate surface area is 175 Å². The molecule has 0 aliphatic rings. The molecule has 3 aromatic rings. The molecular formula is C21H25N5O2S. The topological polar surface area (TPSA) is 73.1 Å². The molecule has 0 aliphatic heterocycles. The Bertz CT molecular complexity index is 910. The molecule has 0 saturated carbocycles. The van der Waals surface area contributed by atoms with Crippen molar-refractivity contribution in [2.45, 2.75) is 30.8 Å². The Morgan fingerprint density at radius 3 is 2.41 bits per heavy atom. The number of likely N-dealkylation sites (N-methyl/N-ethyl adjacent to an activating group) is 1. The van der Waals surface area contributed by atoms with Crippen LogP contribution < -0.4 is 4.74 Å². The van der Waals surface area contributed by atoms with Crippen molar-refractivity contribution in [3.63, 3.8) is 0 Å². The lowest BCUT2D eigenvalue weighted by atomic mass is 10.1. The van der Waals surface area contributed by atoms with Crippen LogP contribution in [0.2, 0.25) is 0 Å². The van der Waals surface area contributed by atoms with Gasteiger partial charge in [-0.15, -0.1) is 5.10 Å². The van der Waals surface area contributed by atoms with Crippen molar-refractivity contribution in [3.05, 3.63) is 65.7 Å². The quantitative estimate of drug-likeness (QED) is 0.502. The van der Waals surface area contributed by atoms with Crippen molar-refractivity contribution < 1.29 is 9.53 Å². The Morgan fingerprint density at radius 1 is 1.10 bits per heavy atom. The average molecular weight is 412 g/mol. The van der Waals surface area contributed by atoms with Crippen LogP contribution in [0.1, 0.15) is 30.2 Å². The van der Waals surface area contributed by atoms with Crippen molar-refractivity contribution in [1.29, 1.82) is 0 Å². The molecule has 0 radical (unpaired) electrons. The first-order valence-corrected chi connectivity index (χ1v) is 10.4. The summed E-state index contributed by atoms with van der Waals surface area (Å²) in [5.74, 6) is 0.860. The Hall–Kier alpha value is -2.87. The number of nitrogens with zero attached hydrogens (tertiary/aromatic N) is 5. The highest BCUT2D eigenvalue weighted by Crippen LogP contribution is 2.35. The zero-order valence-electron chi connectivity index (χ0n) is 16.9. The number of thioether (sulfide) groups is 1.